The van der Waals surface area contributed by atoms with E-state index < -0.39 is 0 Å². The molecule has 2 fully saturated rings. The number of aryl methyl sites for hydroxylation is 2. The topological polar surface area (TPSA) is 36.9 Å². The molecule has 4 heteroatoms. The standard InChI is InChI=1S/C31H30.C13H24O4/c1-3-23-14-18-26(19-15-23)31(27-20-16-24(4-2)17-21-27)22-29(25-10-6-5-7-11-25)28-12-8-9-13-30(28)31;1-3-5-11-14-7-13(8-15-11)9-16-12(6-4-2)17-10-13/h5-21,29H,3-4,22H2,1-2H3;11-12H,3-10H2,1-2H3. The highest BCUT2D eigenvalue weighted by molar-refractivity contribution is 5.60. The molecule has 1 atom stereocenters. The van der Waals surface area contributed by atoms with Crippen LogP contribution >= 0.6 is 0 Å². The summed E-state index contributed by atoms with van der Waals surface area (Å²) in [5, 5.41) is 0. The van der Waals surface area contributed by atoms with Gasteiger partial charge in [-0.2, -0.15) is 0 Å². The third-order valence-corrected chi connectivity index (χ3v) is 10.6. The summed E-state index contributed by atoms with van der Waals surface area (Å²) in [4.78, 5) is 0. The minimum Gasteiger partial charge on any atom is -0.352 e. The Morgan fingerprint density at radius 1 is 0.542 bits per heavy atom. The number of ether oxygens (including phenoxy) is 4. The summed E-state index contributed by atoms with van der Waals surface area (Å²) >= 11 is 0. The fourth-order valence-corrected chi connectivity index (χ4v) is 7.69. The number of fused-ring (bicyclic) bond motifs is 1. The molecule has 1 spiro atoms. The number of benzene rings is 4. The highest BCUT2D eigenvalue weighted by atomic mass is 16.7. The Bertz CT molecular complexity index is 1470. The molecule has 48 heavy (non-hydrogen) atoms. The van der Waals surface area contributed by atoms with Gasteiger partial charge in [0.05, 0.1) is 31.8 Å². The second-order valence-electron chi connectivity index (χ2n) is 13.9. The predicted molar refractivity (Wildman–Crippen MR) is 194 cm³/mol. The zero-order valence-corrected chi connectivity index (χ0v) is 29.5. The van der Waals surface area contributed by atoms with Crippen molar-refractivity contribution in [2.45, 2.75) is 96.6 Å². The molecule has 254 valence electrons. The highest BCUT2D eigenvalue weighted by Crippen LogP contribution is 2.55. The Hall–Kier alpha value is -3.28. The maximum atomic E-state index is 5.72. The second kappa shape index (κ2) is 16.0. The van der Waals surface area contributed by atoms with Gasteiger partial charge in [-0.15, -0.1) is 0 Å². The monoisotopic (exact) mass is 646 g/mol. The molecule has 2 heterocycles. The first-order valence-electron chi connectivity index (χ1n) is 18.3. The van der Waals surface area contributed by atoms with Crippen LogP contribution in [0, 0.1) is 5.41 Å². The van der Waals surface area contributed by atoms with Crippen molar-refractivity contribution in [1.82, 2.24) is 0 Å². The number of rotatable bonds is 9. The van der Waals surface area contributed by atoms with Crippen molar-refractivity contribution in [1.29, 1.82) is 0 Å². The fourth-order valence-electron chi connectivity index (χ4n) is 7.69. The van der Waals surface area contributed by atoms with E-state index in [1.54, 1.807) is 0 Å². The fraction of sp³-hybridized carbons (Fsp3) is 0.455. The van der Waals surface area contributed by atoms with Crippen LogP contribution in [0.5, 0.6) is 0 Å². The van der Waals surface area contributed by atoms with E-state index in [2.05, 4.69) is 131 Å². The zero-order chi connectivity index (χ0) is 33.4. The SMILES string of the molecule is CCCC1OCC2(CO1)COC(CCC)OC2.CCc1ccc(C2(c3ccc(CC)cc3)CC(c3ccccc3)c3ccccc32)cc1. The van der Waals surface area contributed by atoms with E-state index >= 15 is 0 Å². The van der Waals surface area contributed by atoms with Crippen molar-refractivity contribution in [2.24, 2.45) is 5.41 Å². The molecule has 0 N–H and O–H groups in total. The molecule has 1 unspecified atom stereocenters. The van der Waals surface area contributed by atoms with Gasteiger partial charge in [-0.1, -0.05) is 144 Å². The van der Waals surface area contributed by atoms with Crippen LogP contribution in [-0.2, 0) is 37.2 Å². The minimum atomic E-state index is -0.129. The van der Waals surface area contributed by atoms with Gasteiger partial charge in [0.25, 0.3) is 0 Å². The zero-order valence-electron chi connectivity index (χ0n) is 29.5. The molecule has 2 aliphatic heterocycles. The van der Waals surface area contributed by atoms with Gasteiger partial charge in [0.15, 0.2) is 12.6 Å². The number of hydrogen-bond donors (Lipinski definition) is 0. The third kappa shape index (κ3) is 7.33. The van der Waals surface area contributed by atoms with Crippen LogP contribution in [0.4, 0.5) is 0 Å². The second-order valence-corrected chi connectivity index (χ2v) is 13.9. The summed E-state index contributed by atoms with van der Waals surface area (Å²) < 4.78 is 22.9. The third-order valence-electron chi connectivity index (χ3n) is 10.6. The average molecular weight is 647 g/mol. The van der Waals surface area contributed by atoms with Crippen LogP contribution in [-0.4, -0.2) is 39.0 Å². The molecule has 0 bridgehead atoms. The summed E-state index contributed by atoms with van der Waals surface area (Å²) in [6.07, 6.45) is 7.26. The van der Waals surface area contributed by atoms with Crippen molar-refractivity contribution in [3.63, 3.8) is 0 Å². The van der Waals surface area contributed by atoms with Gasteiger partial charge in [0.1, 0.15) is 0 Å². The van der Waals surface area contributed by atoms with Gasteiger partial charge >= 0.3 is 0 Å². The molecule has 0 amide bonds. The first-order valence-corrected chi connectivity index (χ1v) is 18.3. The van der Waals surface area contributed by atoms with Gasteiger partial charge < -0.3 is 18.9 Å². The van der Waals surface area contributed by atoms with E-state index in [-0.39, 0.29) is 23.4 Å². The van der Waals surface area contributed by atoms with E-state index in [1.807, 2.05) is 0 Å². The van der Waals surface area contributed by atoms with Gasteiger partial charge in [-0.25, -0.2) is 0 Å². The Labute approximate surface area is 288 Å². The predicted octanol–water partition coefficient (Wildman–Crippen LogP) is 10.0. The maximum Gasteiger partial charge on any atom is 0.157 e. The quantitative estimate of drug-likeness (QED) is 0.181. The van der Waals surface area contributed by atoms with Crippen LogP contribution in [0.2, 0.25) is 0 Å². The Kier molecular flexibility index (Phi) is 11.5. The molecule has 4 nitrogen and oxygen atoms in total. The molecule has 0 radical (unpaired) electrons. The lowest BCUT2D eigenvalue weighted by molar-refractivity contribution is -0.303. The van der Waals surface area contributed by atoms with E-state index in [9.17, 15) is 0 Å². The smallest absolute Gasteiger partial charge is 0.157 e. The van der Waals surface area contributed by atoms with E-state index in [4.69, 9.17) is 18.9 Å². The van der Waals surface area contributed by atoms with Gasteiger partial charge in [-0.05, 0) is 71.0 Å². The molecule has 3 aliphatic rings. The lowest BCUT2D eigenvalue weighted by Crippen LogP contribution is -2.52. The van der Waals surface area contributed by atoms with Crippen molar-refractivity contribution in [2.75, 3.05) is 26.4 Å². The molecule has 7 rings (SSSR count). The van der Waals surface area contributed by atoms with Crippen LogP contribution in [0.1, 0.15) is 105 Å². The van der Waals surface area contributed by atoms with Crippen molar-refractivity contribution in [3.05, 3.63) is 142 Å². The first-order chi connectivity index (χ1) is 23.5. The molecule has 0 saturated carbocycles. The minimum absolute atomic E-state index is 0.0287. The largest absolute Gasteiger partial charge is 0.352 e. The van der Waals surface area contributed by atoms with Crippen LogP contribution in [0.25, 0.3) is 0 Å². The lowest BCUT2D eigenvalue weighted by Gasteiger charge is -2.43. The van der Waals surface area contributed by atoms with Gasteiger partial charge in [-0.3, -0.25) is 0 Å². The normalized spacial score (nSPS) is 24.5. The summed E-state index contributed by atoms with van der Waals surface area (Å²) in [6.45, 7) is 11.5. The maximum absolute atomic E-state index is 5.72. The first kappa shape index (κ1) is 34.6. The summed E-state index contributed by atoms with van der Waals surface area (Å²) in [6, 6.07) is 38.9. The summed E-state index contributed by atoms with van der Waals surface area (Å²) in [5.41, 5.74) is 9.72. The molecule has 4 aromatic carbocycles. The van der Waals surface area contributed by atoms with E-state index in [0.717, 1.165) is 44.9 Å². The Morgan fingerprint density at radius 3 is 1.46 bits per heavy atom. The van der Waals surface area contributed by atoms with Gasteiger partial charge in [0.2, 0.25) is 0 Å². The lowest BCUT2D eigenvalue weighted by atomic mass is 9.69. The van der Waals surface area contributed by atoms with Gasteiger partial charge in [0, 0.05) is 11.3 Å². The van der Waals surface area contributed by atoms with Crippen molar-refractivity contribution < 1.29 is 18.9 Å². The Balaban J connectivity index is 0.000000200. The van der Waals surface area contributed by atoms with Crippen LogP contribution < -0.4 is 0 Å². The molecule has 4 aromatic rings. The van der Waals surface area contributed by atoms with Crippen LogP contribution in [0.3, 0.4) is 0 Å². The molecule has 1 aliphatic carbocycles. The molecular weight excluding hydrogens is 592 g/mol. The molecule has 0 aromatic heterocycles. The van der Waals surface area contributed by atoms with Crippen molar-refractivity contribution >= 4 is 0 Å². The molecular formula is C44H54O4. The van der Waals surface area contributed by atoms with Crippen molar-refractivity contribution in [3.8, 4) is 0 Å². The van der Waals surface area contributed by atoms with Crippen LogP contribution in [0.15, 0.2) is 103 Å². The summed E-state index contributed by atoms with van der Waals surface area (Å²) in [7, 11) is 0. The van der Waals surface area contributed by atoms with E-state index in [0.29, 0.717) is 32.3 Å². The molecule has 2 saturated heterocycles. The summed E-state index contributed by atoms with van der Waals surface area (Å²) in [5.74, 6) is 0.397. The number of hydrogen-bond acceptors (Lipinski definition) is 4. The Morgan fingerprint density at radius 2 is 1.00 bits per heavy atom. The average Bonchev–Trinajstić information content (AvgIpc) is 3.51. The van der Waals surface area contributed by atoms with E-state index in [1.165, 1.54) is 38.9 Å². The highest BCUT2D eigenvalue weighted by Gasteiger charge is 2.46.